The van der Waals surface area contributed by atoms with Gasteiger partial charge in [0.1, 0.15) is 0 Å². The zero-order valence-corrected chi connectivity index (χ0v) is 24.3. The smallest absolute Gasteiger partial charge is 0.303 e. The lowest BCUT2D eigenvalue weighted by molar-refractivity contribution is -0.138. The van der Waals surface area contributed by atoms with Crippen molar-refractivity contribution in [2.75, 3.05) is 5.75 Å². The number of benzene rings is 3. The molecule has 5 heteroatoms. The van der Waals surface area contributed by atoms with Crippen LogP contribution in [0, 0.1) is 5.41 Å². The Labute approximate surface area is 246 Å². The Balaban J connectivity index is 1.36. The molecule has 3 nitrogen and oxygen atoms in total. The van der Waals surface area contributed by atoms with Crippen molar-refractivity contribution in [2.24, 2.45) is 5.41 Å². The molecule has 5 rings (SSSR count). The number of allylic oxidation sites excluding steroid dienone is 1. The molecular formula is C35H34ClNO2S. The molecule has 204 valence electrons. The summed E-state index contributed by atoms with van der Waals surface area (Å²) in [6.45, 7) is 6.23. The second-order valence-electron chi connectivity index (χ2n) is 10.9. The molecule has 1 unspecified atom stereocenters. The predicted octanol–water partition coefficient (Wildman–Crippen LogP) is 9.75. The Morgan fingerprint density at radius 3 is 2.65 bits per heavy atom. The zero-order valence-electron chi connectivity index (χ0n) is 22.8. The third-order valence-corrected chi connectivity index (χ3v) is 9.56. The van der Waals surface area contributed by atoms with Gasteiger partial charge in [-0.15, -0.1) is 0 Å². The molecule has 1 N–H and O–H groups in total. The van der Waals surface area contributed by atoms with Crippen LogP contribution < -0.4 is 0 Å². The number of aryl methyl sites for hydroxylation is 1. The van der Waals surface area contributed by atoms with Gasteiger partial charge in [-0.3, -0.25) is 4.79 Å². The Bertz CT molecular complexity index is 1570. The molecule has 1 fully saturated rings. The summed E-state index contributed by atoms with van der Waals surface area (Å²) in [6.07, 6.45) is 8.32. The molecule has 0 saturated heterocycles. The van der Waals surface area contributed by atoms with Crippen LogP contribution in [0.15, 0.2) is 85.4 Å². The van der Waals surface area contributed by atoms with Gasteiger partial charge in [-0.1, -0.05) is 90.5 Å². The predicted molar refractivity (Wildman–Crippen MR) is 171 cm³/mol. The first-order valence-corrected chi connectivity index (χ1v) is 15.1. The van der Waals surface area contributed by atoms with E-state index >= 15 is 0 Å². The third kappa shape index (κ3) is 7.24. The molecular weight excluding hydrogens is 534 g/mol. The van der Waals surface area contributed by atoms with Crippen LogP contribution >= 0.6 is 23.4 Å². The summed E-state index contributed by atoms with van der Waals surface area (Å²) in [4.78, 5) is 16.2. The number of fused-ring (bicyclic) bond motifs is 1. The summed E-state index contributed by atoms with van der Waals surface area (Å²) < 4.78 is 0. The average Bonchev–Trinajstić information content (AvgIpc) is 3.70. The van der Waals surface area contributed by atoms with Gasteiger partial charge >= 0.3 is 5.97 Å². The van der Waals surface area contributed by atoms with Crippen molar-refractivity contribution < 1.29 is 9.90 Å². The molecule has 0 radical (unpaired) electrons. The highest BCUT2D eigenvalue weighted by Crippen LogP contribution is 2.53. The standard InChI is InChI=1S/C35H34ClNO2S/c1-24(2)31-9-4-3-7-26(31)13-17-33(40-23-35(18-19-35)22-34(38)39)28-8-5-6-25(20-28)10-15-30-16-12-27-11-14-29(36)21-32(27)37-30/h3-12,14-16,20-21,33H,1,13,17-19,22-23H2,2H3,(H,38,39). The van der Waals surface area contributed by atoms with Crippen molar-refractivity contribution in [2.45, 2.75) is 44.3 Å². The van der Waals surface area contributed by atoms with Crippen molar-refractivity contribution >= 4 is 58.0 Å². The average molecular weight is 568 g/mol. The number of rotatable bonds is 12. The lowest BCUT2D eigenvalue weighted by Crippen LogP contribution is -2.12. The fourth-order valence-corrected chi connectivity index (χ4v) is 6.91. The number of nitrogens with zero attached hydrogens (tertiary/aromatic N) is 1. The van der Waals surface area contributed by atoms with E-state index in [0.717, 1.165) is 59.2 Å². The van der Waals surface area contributed by atoms with Crippen LogP contribution in [-0.2, 0) is 11.2 Å². The highest BCUT2D eigenvalue weighted by molar-refractivity contribution is 7.99. The molecule has 1 aromatic heterocycles. The number of hydrogen-bond donors (Lipinski definition) is 1. The molecule has 3 aromatic carbocycles. The van der Waals surface area contributed by atoms with E-state index in [1.54, 1.807) is 0 Å². The van der Waals surface area contributed by atoms with Gasteiger partial charge in [0.15, 0.2) is 0 Å². The molecule has 0 amide bonds. The summed E-state index contributed by atoms with van der Waals surface area (Å²) in [5.41, 5.74) is 7.70. The molecule has 1 atom stereocenters. The molecule has 1 heterocycles. The maximum absolute atomic E-state index is 11.5. The van der Waals surface area contributed by atoms with Crippen molar-refractivity contribution in [1.82, 2.24) is 4.98 Å². The number of hydrogen-bond acceptors (Lipinski definition) is 3. The van der Waals surface area contributed by atoms with E-state index in [9.17, 15) is 9.90 Å². The van der Waals surface area contributed by atoms with E-state index in [0.29, 0.717) is 5.02 Å². The second-order valence-corrected chi connectivity index (χ2v) is 12.6. The van der Waals surface area contributed by atoms with E-state index in [4.69, 9.17) is 16.6 Å². The highest BCUT2D eigenvalue weighted by Gasteiger charge is 2.44. The largest absolute Gasteiger partial charge is 0.481 e. The summed E-state index contributed by atoms with van der Waals surface area (Å²) in [5, 5.41) is 11.4. The number of pyridine rings is 1. The summed E-state index contributed by atoms with van der Waals surface area (Å²) in [6, 6.07) is 27.0. The normalized spacial score (nSPS) is 14.8. The Hall–Kier alpha value is -3.34. The highest BCUT2D eigenvalue weighted by atomic mass is 35.5. The first-order valence-electron chi connectivity index (χ1n) is 13.7. The molecule has 0 aliphatic heterocycles. The van der Waals surface area contributed by atoms with Crippen LogP contribution in [-0.4, -0.2) is 21.8 Å². The molecule has 4 aromatic rings. The van der Waals surface area contributed by atoms with E-state index in [2.05, 4.69) is 74.2 Å². The monoisotopic (exact) mass is 567 g/mol. The topological polar surface area (TPSA) is 50.2 Å². The van der Waals surface area contributed by atoms with Gasteiger partial charge in [-0.2, -0.15) is 11.8 Å². The summed E-state index contributed by atoms with van der Waals surface area (Å²) in [7, 11) is 0. The van der Waals surface area contributed by atoms with Gasteiger partial charge in [0, 0.05) is 21.4 Å². The second kappa shape index (κ2) is 12.4. The minimum absolute atomic E-state index is 0.0491. The Kier molecular flexibility index (Phi) is 8.78. The first-order chi connectivity index (χ1) is 19.3. The number of aliphatic carboxylic acids is 1. The molecule has 40 heavy (non-hydrogen) atoms. The fraction of sp³-hybridized carbons (Fsp3) is 0.257. The van der Waals surface area contributed by atoms with Gasteiger partial charge in [0.2, 0.25) is 0 Å². The van der Waals surface area contributed by atoms with Crippen LogP contribution in [0.2, 0.25) is 5.02 Å². The van der Waals surface area contributed by atoms with Crippen molar-refractivity contribution in [3.8, 4) is 0 Å². The zero-order chi connectivity index (χ0) is 28.1. The minimum atomic E-state index is -0.693. The molecule has 0 spiro atoms. The number of carboxylic acid groups (broad SMARTS) is 1. The van der Waals surface area contributed by atoms with Gasteiger partial charge in [0.05, 0.1) is 17.6 Å². The van der Waals surface area contributed by atoms with E-state index < -0.39 is 5.97 Å². The van der Waals surface area contributed by atoms with Gasteiger partial charge in [-0.25, -0.2) is 4.98 Å². The Morgan fingerprint density at radius 2 is 1.88 bits per heavy atom. The first kappa shape index (κ1) is 28.2. The van der Waals surface area contributed by atoms with Crippen molar-refractivity contribution in [1.29, 1.82) is 0 Å². The van der Waals surface area contributed by atoms with E-state index in [-0.39, 0.29) is 17.1 Å². The third-order valence-electron chi connectivity index (χ3n) is 7.63. The number of aromatic nitrogens is 1. The molecule has 1 saturated carbocycles. The maximum Gasteiger partial charge on any atom is 0.303 e. The lowest BCUT2D eigenvalue weighted by atomic mass is 9.96. The van der Waals surface area contributed by atoms with Crippen LogP contribution in [0.3, 0.4) is 0 Å². The lowest BCUT2D eigenvalue weighted by Gasteiger charge is -2.21. The van der Waals surface area contributed by atoms with Crippen LogP contribution in [0.4, 0.5) is 0 Å². The summed E-state index contributed by atoms with van der Waals surface area (Å²) in [5.74, 6) is 0.178. The van der Waals surface area contributed by atoms with E-state index in [1.165, 1.54) is 16.7 Å². The Morgan fingerprint density at radius 1 is 1.07 bits per heavy atom. The number of halogens is 1. The number of thioether (sulfide) groups is 1. The number of carboxylic acids is 1. The van der Waals surface area contributed by atoms with Crippen LogP contribution in [0.1, 0.15) is 65.8 Å². The van der Waals surface area contributed by atoms with Gasteiger partial charge < -0.3 is 5.11 Å². The quantitative estimate of drug-likeness (QED) is 0.185. The van der Waals surface area contributed by atoms with Crippen molar-refractivity contribution in [3.05, 3.63) is 118 Å². The maximum atomic E-state index is 11.5. The molecule has 0 bridgehead atoms. The van der Waals surface area contributed by atoms with Gasteiger partial charge in [-0.05, 0) is 84.6 Å². The molecule has 1 aliphatic rings. The SMILES string of the molecule is C=C(C)c1ccccc1CCC(SCC1(CC(=O)O)CC1)c1cccc(C=Cc2ccc3ccc(Cl)cc3n2)c1. The van der Waals surface area contributed by atoms with Crippen LogP contribution in [0.25, 0.3) is 28.6 Å². The summed E-state index contributed by atoms with van der Waals surface area (Å²) >= 11 is 8.08. The van der Waals surface area contributed by atoms with Crippen LogP contribution in [0.5, 0.6) is 0 Å². The van der Waals surface area contributed by atoms with Gasteiger partial charge in [0.25, 0.3) is 0 Å². The van der Waals surface area contributed by atoms with E-state index in [1.807, 2.05) is 42.1 Å². The number of carbonyl (C=O) groups is 1. The molecule has 1 aliphatic carbocycles. The van der Waals surface area contributed by atoms with Crippen molar-refractivity contribution in [3.63, 3.8) is 0 Å². The minimum Gasteiger partial charge on any atom is -0.481 e. The fourth-order valence-electron chi connectivity index (χ4n) is 5.18.